The average Bonchev–Trinajstić information content (AvgIpc) is 2.23. The smallest absolute Gasteiger partial charge is 0.0797 e. The summed E-state index contributed by atoms with van der Waals surface area (Å²) in [6.07, 6.45) is 4.53. The summed E-state index contributed by atoms with van der Waals surface area (Å²) in [4.78, 5) is 0. The molecule has 0 aromatic heterocycles. The van der Waals surface area contributed by atoms with Gasteiger partial charge in [-0.05, 0) is 43.9 Å². The molecule has 98 valence electrons. The number of rotatable bonds is 4. The summed E-state index contributed by atoms with van der Waals surface area (Å²) in [5.41, 5.74) is 0.242. The lowest BCUT2D eigenvalue weighted by Gasteiger charge is -2.44. The molecule has 0 heterocycles. The molecule has 0 aromatic carbocycles. The van der Waals surface area contributed by atoms with Gasteiger partial charge in [-0.25, -0.2) is 0 Å². The van der Waals surface area contributed by atoms with E-state index in [9.17, 15) is 10.2 Å². The first-order chi connectivity index (χ1) is 7.70. The summed E-state index contributed by atoms with van der Waals surface area (Å²) in [5, 5.41) is 20.1. The lowest BCUT2D eigenvalue weighted by molar-refractivity contribution is -0.0160. The number of aliphatic hydroxyl groups is 2. The van der Waals surface area contributed by atoms with E-state index < -0.39 is 5.60 Å². The van der Waals surface area contributed by atoms with Crippen LogP contribution in [0, 0.1) is 11.3 Å². The Bertz CT molecular complexity index is 302. The van der Waals surface area contributed by atoms with Crippen molar-refractivity contribution in [3.8, 4) is 0 Å². The molecule has 0 saturated heterocycles. The molecule has 2 N–H and O–H groups in total. The van der Waals surface area contributed by atoms with Crippen molar-refractivity contribution < 1.29 is 10.2 Å². The third-order valence-corrected chi connectivity index (χ3v) is 4.37. The predicted octanol–water partition coefficient (Wildman–Crippen LogP) is 3.06. The maximum atomic E-state index is 10.1. The minimum Gasteiger partial charge on any atom is -0.393 e. The number of aliphatic hydroxyl groups excluding tert-OH is 1. The Hall–Kier alpha value is -0.600. The summed E-state index contributed by atoms with van der Waals surface area (Å²) >= 11 is 0. The van der Waals surface area contributed by atoms with E-state index in [0.717, 1.165) is 19.3 Å². The molecular formula is C15H26O2. The van der Waals surface area contributed by atoms with E-state index in [1.165, 1.54) is 5.57 Å². The molecule has 0 aliphatic heterocycles. The second-order valence-electron chi connectivity index (χ2n) is 6.19. The van der Waals surface area contributed by atoms with Gasteiger partial charge < -0.3 is 10.2 Å². The first kappa shape index (κ1) is 14.5. The van der Waals surface area contributed by atoms with Crippen LogP contribution >= 0.6 is 0 Å². The standard InChI is InChI=1S/C15H26O2/c1-6-15(5,17)10-9-12-11(2)7-8-13(16)14(12,3)4/h6,12-13,16-17H,1-2,7-10H2,3-5H3/t12-,13+,15?/m1/s1. The zero-order valence-electron chi connectivity index (χ0n) is 11.4. The fraction of sp³-hybridized carbons (Fsp3) is 0.733. The first-order valence-electron chi connectivity index (χ1n) is 6.42. The largest absolute Gasteiger partial charge is 0.393 e. The van der Waals surface area contributed by atoms with Crippen molar-refractivity contribution in [3.05, 3.63) is 24.8 Å². The second kappa shape index (κ2) is 4.95. The van der Waals surface area contributed by atoms with Gasteiger partial charge in [0, 0.05) is 0 Å². The third kappa shape index (κ3) is 3.20. The zero-order valence-corrected chi connectivity index (χ0v) is 11.4. The van der Waals surface area contributed by atoms with E-state index in [4.69, 9.17) is 0 Å². The summed E-state index contributed by atoms with van der Waals surface area (Å²) in [6, 6.07) is 0. The van der Waals surface area contributed by atoms with Gasteiger partial charge in [0.05, 0.1) is 11.7 Å². The first-order valence-corrected chi connectivity index (χ1v) is 6.42. The number of hydrogen-bond acceptors (Lipinski definition) is 2. The highest BCUT2D eigenvalue weighted by atomic mass is 16.3. The van der Waals surface area contributed by atoms with E-state index in [-0.39, 0.29) is 17.4 Å². The highest BCUT2D eigenvalue weighted by Gasteiger charge is 2.41. The zero-order chi connectivity index (χ0) is 13.3. The van der Waals surface area contributed by atoms with Gasteiger partial charge in [-0.2, -0.15) is 0 Å². The van der Waals surface area contributed by atoms with Crippen LogP contribution < -0.4 is 0 Å². The molecular weight excluding hydrogens is 212 g/mol. The molecule has 1 rings (SSSR count). The highest BCUT2D eigenvalue weighted by molar-refractivity contribution is 5.12. The van der Waals surface area contributed by atoms with E-state index in [1.54, 1.807) is 13.0 Å². The Morgan fingerprint density at radius 3 is 2.65 bits per heavy atom. The van der Waals surface area contributed by atoms with Crippen LogP contribution in [0.1, 0.15) is 46.5 Å². The molecule has 2 heteroatoms. The summed E-state index contributed by atoms with van der Waals surface area (Å²) in [5.74, 6) is 0.276. The average molecular weight is 238 g/mol. The Balaban J connectivity index is 2.73. The van der Waals surface area contributed by atoms with Gasteiger partial charge in [-0.15, -0.1) is 6.58 Å². The molecule has 1 fully saturated rings. The molecule has 0 radical (unpaired) electrons. The van der Waals surface area contributed by atoms with Crippen molar-refractivity contribution in [3.63, 3.8) is 0 Å². The van der Waals surface area contributed by atoms with Crippen LogP contribution in [-0.2, 0) is 0 Å². The van der Waals surface area contributed by atoms with E-state index in [2.05, 4.69) is 27.0 Å². The Kier molecular flexibility index (Phi) is 4.21. The topological polar surface area (TPSA) is 40.5 Å². The molecule has 0 aromatic rings. The van der Waals surface area contributed by atoms with Gasteiger partial charge in [0.2, 0.25) is 0 Å². The fourth-order valence-electron chi connectivity index (χ4n) is 2.74. The Morgan fingerprint density at radius 1 is 1.53 bits per heavy atom. The molecule has 0 spiro atoms. The van der Waals surface area contributed by atoms with Crippen molar-refractivity contribution in [1.82, 2.24) is 0 Å². The van der Waals surface area contributed by atoms with Crippen LogP contribution in [0.5, 0.6) is 0 Å². The van der Waals surface area contributed by atoms with Gasteiger partial charge in [0.1, 0.15) is 0 Å². The van der Waals surface area contributed by atoms with Crippen LogP contribution in [0.4, 0.5) is 0 Å². The second-order valence-corrected chi connectivity index (χ2v) is 6.19. The maximum Gasteiger partial charge on any atom is 0.0797 e. The van der Waals surface area contributed by atoms with Crippen molar-refractivity contribution in [1.29, 1.82) is 0 Å². The minimum absolute atomic E-state index is 0.146. The molecule has 17 heavy (non-hydrogen) atoms. The van der Waals surface area contributed by atoms with Crippen LogP contribution in [0.15, 0.2) is 24.8 Å². The van der Waals surface area contributed by atoms with Crippen LogP contribution in [0.3, 0.4) is 0 Å². The minimum atomic E-state index is -0.821. The maximum absolute atomic E-state index is 10.1. The normalized spacial score (nSPS) is 31.9. The number of hydrogen-bond donors (Lipinski definition) is 2. The van der Waals surface area contributed by atoms with Crippen LogP contribution in [-0.4, -0.2) is 21.9 Å². The van der Waals surface area contributed by atoms with Gasteiger partial charge >= 0.3 is 0 Å². The Labute approximate surface area is 105 Å². The van der Waals surface area contributed by atoms with Crippen molar-refractivity contribution in [2.75, 3.05) is 0 Å². The fourth-order valence-corrected chi connectivity index (χ4v) is 2.74. The van der Waals surface area contributed by atoms with Gasteiger partial charge in [0.25, 0.3) is 0 Å². The lowest BCUT2D eigenvalue weighted by atomic mass is 9.63. The summed E-state index contributed by atoms with van der Waals surface area (Å²) in [6.45, 7) is 13.7. The monoisotopic (exact) mass is 238 g/mol. The van der Waals surface area contributed by atoms with Crippen LogP contribution in [0.2, 0.25) is 0 Å². The highest BCUT2D eigenvalue weighted by Crippen LogP contribution is 2.46. The van der Waals surface area contributed by atoms with E-state index in [1.807, 2.05) is 0 Å². The van der Waals surface area contributed by atoms with Crippen molar-refractivity contribution in [2.45, 2.75) is 58.2 Å². The van der Waals surface area contributed by atoms with Gasteiger partial charge in [0.15, 0.2) is 0 Å². The molecule has 0 amide bonds. The Morgan fingerprint density at radius 2 is 2.12 bits per heavy atom. The van der Waals surface area contributed by atoms with Crippen LogP contribution in [0.25, 0.3) is 0 Å². The molecule has 1 aliphatic carbocycles. The predicted molar refractivity (Wildman–Crippen MR) is 71.7 cm³/mol. The molecule has 1 saturated carbocycles. The summed E-state index contributed by atoms with van der Waals surface area (Å²) < 4.78 is 0. The van der Waals surface area contributed by atoms with Crippen molar-refractivity contribution >= 4 is 0 Å². The molecule has 1 aliphatic rings. The SMILES string of the molecule is C=CC(C)(O)CC[C@@H]1C(=C)CC[C@H](O)C1(C)C. The van der Waals surface area contributed by atoms with E-state index in [0.29, 0.717) is 6.42 Å². The molecule has 1 unspecified atom stereocenters. The molecule has 0 bridgehead atoms. The molecule has 2 nitrogen and oxygen atoms in total. The summed E-state index contributed by atoms with van der Waals surface area (Å²) in [7, 11) is 0. The number of allylic oxidation sites excluding steroid dienone is 1. The quantitative estimate of drug-likeness (QED) is 0.739. The van der Waals surface area contributed by atoms with Crippen molar-refractivity contribution in [2.24, 2.45) is 11.3 Å². The van der Waals surface area contributed by atoms with E-state index >= 15 is 0 Å². The van der Waals surface area contributed by atoms with Gasteiger partial charge in [-0.1, -0.05) is 32.1 Å². The third-order valence-electron chi connectivity index (χ3n) is 4.37. The van der Waals surface area contributed by atoms with Gasteiger partial charge in [-0.3, -0.25) is 0 Å². The lowest BCUT2D eigenvalue weighted by Crippen LogP contribution is -2.42. The molecule has 3 atom stereocenters.